The van der Waals surface area contributed by atoms with Gasteiger partial charge in [0, 0.05) is 19.5 Å². The maximum atomic E-state index is 12.2. The van der Waals surface area contributed by atoms with Gasteiger partial charge in [-0.2, -0.15) is 11.3 Å². The molecule has 3 fully saturated rings. The van der Waals surface area contributed by atoms with Crippen molar-refractivity contribution in [1.82, 2.24) is 9.80 Å². The quantitative estimate of drug-likeness (QED) is 0.672. The number of cyclic esters (lactones) is 1. The molecular formula is C20H29ClN2O3S. The Labute approximate surface area is 171 Å². The summed E-state index contributed by atoms with van der Waals surface area (Å²) >= 11 is 1.69. The Balaban J connectivity index is 0.00000210. The summed E-state index contributed by atoms with van der Waals surface area (Å²) in [5, 5.41) is 4.22. The minimum Gasteiger partial charge on any atom is -0.465 e. The molecule has 1 aromatic heterocycles. The highest BCUT2D eigenvalue weighted by atomic mass is 35.5. The van der Waals surface area contributed by atoms with E-state index in [9.17, 15) is 9.59 Å². The Morgan fingerprint density at radius 3 is 2.78 bits per heavy atom. The minimum absolute atomic E-state index is 0. The van der Waals surface area contributed by atoms with Crippen molar-refractivity contribution in [2.45, 2.75) is 51.6 Å². The van der Waals surface area contributed by atoms with Crippen molar-refractivity contribution >= 4 is 35.6 Å². The monoisotopic (exact) mass is 412 g/mol. The summed E-state index contributed by atoms with van der Waals surface area (Å²) in [5.74, 6) is 0.296. The molecule has 1 saturated carbocycles. The van der Waals surface area contributed by atoms with Gasteiger partial charge in [0.15, 0.2) is 0 Å². The van der Waals surface area contributed by atoms with Crippen LogP contribution in [0.15, 0.2) is 16.8 Å². The molecule has 5 nitrogen and oxygen atoms in total. The molecule has 150 valence electrons. The Morgan fingerprint density at radius 2 is 2.19 bits per heavy atom. The molecule has 2 saturated heterocycles. The molecule has 0 radical (unpaired) electrons. The van der Waals surface area contributed by atoms with Gasteiger partial charge >= 0.3 is 5.97 Å². The Bertz CT molecular complexity index is 658. The van der Waals surface area contributed by atoms with Crippen LogP contribution < -0.4 is 0 Å². The maximum absolute atomic E-state index is 12.2. The lowest BCUT2D eigenvalue weighted by Gasteiger charge is -2.35. The molecule has 0 N–H and O–H groups in total. The van der Waals surface area contributed by atoms with Crippen LogP contribution in [0.25, 0.3) is 0 Å². The number of ether oxygens (including phenoxy) is 1. The van der Waals surface area contributed by atoms with Gasteiger partial charge in [-0.15, -0.1) is 12.4 Å². The number of hydrogen-bond acceptors (Lipinski definition) is 5. The number of carbonyl (C=O) groups is 2. The predicted octanol–water partition coefficient (Wildman–Crippen LogP) is 3.33. The van der Waals surface area contributed by atoms with E-state index in [0.717, 1.165) is 45.4 Å². The van der Waals surface area contributed by atoms with Crippen molar-refractivity contribution in [2.24, 2.45) is 11.3 Å². The first-order chi connectivity index (χ1) is 12.6. The van der Waals surface area contributed by atoms with Gasteiger partial charge in [-0.1, -0.05) is 0 Å². The van der Waals surface area contributed by atoms with E-state index >= 15 is 0 Å². The number of nitrogens with zero attached hydrogens (tertiary/aromatic N) is 2. The van der Waals surface area contributed by atoms with Crippen LogP contribution in [0.4, 0.5) is 0 Å². The van der Waals surface area contributed by atoms with Gasteiger partial charge in [0.05, 0.1) is 12.5 Å². The molecule has 1 amide bonds. The SMILES string of the molecule is CC(=O)N(Cc1ccsc1)C1CC12CCN(CCC1CCOC1=O)CC2.Cl. The van der Waals surface area contributed by atoms with Gasteiger partial charge in [-0.3, -0.25) is 9.59 Å². The first kappa shape index (κ1) is 20.6. The van der Waals surface area contributed by atoms with Crippen LogP contribution >= 0.6 is 23.7 Å². The van der Waals surface area contributed by atoms with E-state index in [4.69, 9.17) is 4.74 Å². The van der Waals surface area contributed by atoms with Crippen LogP contribution in [0.3, 0.4) is 0 Å². The number of amides is 1. The highest BCUT2D eigenvalue weighted by Crippen LogP contribution is 2.57. The Hall–Kier alpha value is -1.11. The highest BCUT2D eigenvalue weighted by Gasteiger charge is 2.58. The number of likely N-dealkylation sites (tertiary alicyclic amines) is 1. The van der Waals surface area contributed by atoms with E-state index in [1.807, 2.05) is 0 Å². The molecule has 1 aromatic rings. The van der Waals surface area contributed by atoms with Crippen molar-refractivity contribution in [1.29, 1.82) is 0 Å². The van der Waals surface area contributed by atoms with Crippen LogP contribution in [0.1, 0.15) is 44.6 Å². The average molecular weight is 413 g/mol. The molecule has 0 aromatic carbocycles. The van der Waals surface area contributed by atoms with E-state index in [1.54, 1.807) is 18.3 Å². The van der Waals surface area contributed by atoms with Crippen molar-refractivity contribution in [3.63, 3.8) is 0 Å². The average Bonchev–Trinajstić information content (AvgIpc) is 2.98. The zero-order valence-corrected chi connectivity index (χ0v) is 17.5. The highest BCUT2D eigenvalue weighted by molar-refractivity contribution is 7.07. The lowest BCUT2D eigenvalue weighted by atomic mass is 9.91. The summed E-state index contributed by atoms with van der Waals surface area (Å²) in [7, 11) is 0. The van der Waals surface area contributed by atoms with Crippen molar-refractivity contribution in [3.8, 4) is 0 Å². The van der Waals surface area contributed by atoms with Gasteiger partial charge in [0.1, 0.15) is 0 Å². The van der Waals surface area contributed by atoms with Crippen LogP contribution in [-0.2, 0) is 20.9 Å². The number of piperidine rings is 1. The molecule has 2 atom stereocenters. The standard InChI is InChI=1S/C20H28N2O3S.ClH/c1-15(23)22(13-16-4-11-26-14-16)18-12-20(18)5-8-21(9-6-20)7-2-17-3-10-25-19(17)24;/h4,11,14,17-18H,2-3,5-10,12-13H2,1H3;1H. The van der Waals surface area contributed by atoms with Crippen LogP contribution in [0.5, 0.6) is 0 Å². The van der Waals surface area contributed by atoms with Gasteiger partial charge in [0.25, 0.3) is 0 Å². The molecule has 4 rings (SSSR count). The summed E-state index contributed by atoms with van der Waals surface area (Å²) in [6.07, 6.45) is 5.29. The molecule has 27 heavy (non-hydrogen) atoms. The summed E-state index contributed by atoms with van der Waals surface area (Å²) in [4.78, 5) is 28.4. The third-order valence-corrected chi connectivity index (χ3v) is 7.28. The van der Waals surface area contributed by atoms with E-state index in [-0.39, 0.29) is 30.2 Å². The van der Waals surface area contributed by atoms with Crippen LogP contribution in [0, 0.1) is 11.3 Å². The fourth-order valence-corrected chi connectivity index (χ4v) is 5.34. The van der Waals surface area contributed by atoms with E-state index in [0.29, 0.717) is 18.1 Å². The summed E-state index contributed by atoms with van der Waals surface area (Å²) < 4.78 is 5.06. The lowest BCUT2D eigenvalue weighted by Crippen LogP contribution is -2.40. The molecule has 2 unspecified atom stereocenters. The topological polar surface area (TPSA) is 49.9 Å². The Morgan fingerprint density at radius 1 is 1.41 bits per heavy atom. The number of hydrogen-bond donors (Lipinski definition) is 0. The second kappa shape index (κ2) is 8.50. The smallest absolute Gasteiger partial charge is 0.309 e. The number of thiophene rings is 1. The fourth-order valence-electron chi connectivity index (χ4n) is 4.68. The molecular weight excluding hydrogens is 384 g/mol. The molecule has 1 spiro atoms. The number of rotatable bonds is 6. The minimum atomic E-state index is -0.00809. The third-order valence-electron chi connectivity index (χ3n) is 6.55. The van der Waals surface area contributed by atoms with Crippen molar-refractivity contribution in [2.75, 3.05) is 26.2 Å². The molecule has 0 bridgehead atoms. The molecule has 1 aliphatic carbocycles. The zero-order valence-electron chi connectivity index (χ0n) is 15.9. The number of carbonyl (C=O) groups excluding carboxylic acids is 2. The molecule has 7 heteroatoms. The van der Waals surface area contributed by atoms with E-state index in [2.05, 4.69) is 26.6 Å². The molecule has 3 heterocycles. The van der Waals surface area contributed by atoms with Gasteiger partial charge in [-0.25, -0.2) is 0 Å². The molecule has 3 aliphatic rings. The number of esters is 1. The van der Waals surface area contributed by atoms with Crippen LogP contribution in [0.2, 0.25) is 0 Å². The van der Waals surface area contributed by atoms with Crippen molar-refractivity contribution in [3.05, 3.63) is 22.4 Å². The fraction of sp³-hybridized carbons (Fsp3) is 0.700. The van der Waals surface area contributed by atoms with E-state index < -0.39 is 0 Å². The maximum Gasteiger partial charge on any atom is 0.309 e. The summed E-state index contributed by atoms with van der Waals surface area (Å²) in [6.45, 7) is 6.21. The predicted molar refractivity (Wildman–Crippen MR) is 108 cm³/mol. The lowest BCUT2D eigenvalue weighted by molar-refractivity contribution is -0.141. The summed E-state index contributed by atoms with van der Waals surface area (Å²) in [5.41, 5.74) is 1.58. The second-order valence-electron chi connectivity index (χ2n) is 8.14. The summed E-state index contributed by atoms with van der Waals surface area (Å²) in [6, 6.07) is 2.53. The normalized spacial score (nSPS) is 26.5. The van der Waals surface area contributed by atoms with Gasteiger partial charge in [0.2, 0.25) is 5.91 Å². The van der Waals surface area contributed by atoms with Gasteiger partial charge < -0.3 is 14.5 Å². The Kier molecular flexibility index (Phi) is 6.49. The van der Waals surface area contributed by atoms with Gasteiger partial charge in [-0.05, 0) is 79.5 Å². The third kappa shape index (κ3) is 4.49. The zero-order chi connectivity index (χ0) is 18.1. The first-order valence-electron chi connectivity index (χ1n) is 9.75. The van der Waals surface area contributed by atoms with E-state index in [1.165, 1.54) is 18.4 Å². The number of halogens is 1. The first-order valence-corrected chi connectivity index (χ1v) is 10.7. The molecule has 2 aliphatic heterocycles. The largest absolute Gasteiger partial charge is 0.465 e. The second-order valence-corrected chi connectivity index (χ2v) is 8.92. The van der Waals surface area contributed by atoms with Crippen molar-refractivity contribution < 1.29 is 14.3 Å². The van der Waals surface area contributed by atoms with Crippen LogP contribution in [-0.4, -0.2) is 54.0 Å².